The molecular formula is C25H31N5O4. The van der Waals surface area contributed by atoms with Crippen LogP contribution in [0, 0.1) is 12.8 Å². The van der Waals surface area contributed by atoms with Crippen molar-refractivity contribution in [2.24, 2.45) is 13.0 Å². The van der Waals surface area contributed by atoms with Crippen LogP contribution in [0.4, 0.5) is 0 Å². The number of hydrogen-bond donors (Lipinski definition) is 2. The summed E-state index contributed by atoms with van der Waals surface area (Å²) in [5.74, 6) is -0.660. The van der Waals surface area contributed by atoms with Crippen LogP contribution in [-0.2, 0) is 23.2 Å². The fourth-order valence-electron chi connectivity index (χ4n) is 4.51. The molecule has 1 aliphatic heterocycles. The molecule has 3 heterocycles. The van der Waals surface area contributed by atoms with E-state index in [9.17, 15) is 14.7 Å². The summed E-state index contributed by atoms with van der Waals surface area (Å²) in [6.07, 6.45) is 1.21. The third-order valence-corrected chi connectivity index (χ3v) is 6.29. The van der Waals surface area contributed by atoms with Gasteiger partial charge in [-0.15, -0.1) is 0 Å². The number of nitrogens with zero attached hydrogens (tertiary/aromatic N) is 4. The van der Waals surface area contributed by atoms with Crippen molar-refractivity contribution in [1.82, 2.24) is 25.2 Å². The lowest BCUT2D eigenvalue weighted by Gasteiger charge is -2.28. The molecule has 1 fully saturated rings. The zero-order chi connectivity index (χ0) is 24.4. The van der Waals surface area contributed by atoms with Crippen molar-refractivity contribution in [1.29, 1.82) is 0 Å². The van der Waals surface area contributed by atoms with Crippen molar-refractivity contribution in [3.63, 3.8) is 0 Å². The van der Waals surface area contributed by atoms with Crippen molar-refractivity contribution in [3.8, 4) is 11.3 Å². The third-order valence-electron chi connectivity index (χ3n) is 6.29. The molecule has 0 radical (unpaired) electrons. The van der Waals surface area contributed by atoms with Gasteiger partial charge in [0.05, 0.1) is 17.5 Å². The fourth-order valence-corrected chi connectivity index (χ4v) is 4.51. The van der Waals surface area contributed by atoms with Gasteiger partial charge >= 0.3 is 0 Å². The van der Waals surface area contributed by atoms with E-state index in [0.29, 0.717) is 18.0 Å². The molecule has 9 heteroatoms. The second-order valence-electron chi connectivity index (χ2n) is 9.24. The maximum absolute atomic E-state index is 13.4. The Bertz CT molecular complexity index is 1150. The van der Waals surface area contributed by atoms with E-state index in [2.05, 4.69) is 15.6 Å². The maximum atomic E-state index is 13.4. The quantitative estimate of drug-likeness (QED) is 0.554. The molecule has 0 saturated carbocycles. The Labute approximate surface area is 198 Å². The van der Waals surface area contributed by atoms with Crippen LogP contribution in [0.3, 0.4) is 0 Å². The standard InChI is InChI=1S/C25H31N5O4/c1-15(2)23(22-11-16(3)28-34-22)25(33)30-14-19(31)12-21(30)24(32)26-13-17-5-7-18(8-6-17)20-9-10-27-29(20)4/h5-11,15,19,21,23,31H,12-14H2,1-4H3,(H,26,32). The first-order valence-electron chi connectivity index (χ1n) is 11.5. The molecule has 0 aliphatic carbocycles. The number of aryl methyl sites for hydroxylation is 2. The van der Waals surface area contributed by atoms with E-state index in [0.717, 1.165) is 16.8 Å². The van der Waals surface area contributed by atoms with Gasteiger partial charge in [0.25, 0.3) is 0 Å². The number of rotatable bonds is 7. The third kappa shape index (κ3) is 4.89. The molecule has 3 aromatic rings. The van der Waals surface area contributed by atoms with E-state index in [1.165, 1.54) is 4.90 Å². The highest BCUT2D eigenvalue weighted by atomic mass is 16.5. The van der Waals surface area contributed by atoms with Crippen LogP contribution in [0.15, 0.2) is 47.1 Å². The first-order valence-corrected chi connectivity index (χ1v) is 11.5. The molecule has 3 unspecified atom stereocenters. The van der Waals surface area contributed by atoms with Crippen LogP contribution in [0.25, 0.3) is 11.3 Å². The molecule has 0 spiro atoms. The minimum atomic E-state index is -0.748. The van der Waals surface area contributed by atoms with Crippen LogP contribution >= 0.6 is 0 Å². The highest BCUT2D eigenvalue weighted by Crippen LogP contribution is 2.31. The van der Waals surface area contributed by atoms with Gasteiger partial charge in [-0.1, -0.05) is 43.3 Å². The summed E-state index contributed by atoms with van der Waals surface area (Å²) in [5, 5.41) is 21.3. The highest BCUT2D eigenvalue weighted by Gasteiger charge is 2.43. The number of carbonyl (C=O) groups is 2. The monoisotopic (exact) mass is 465 g/mol. The number of hydrogen-bond acceptors (Lipinski definition) is 6. The lowest BCUT2D eigenvalue weighted by atomic mass is 9.91. The zero-order valence-electron chi connectivity index (χ0n) is 19.9. The number of likely N-dealkylation sites (tertiary alicyclic amines) is 1. The number of β-amino-alcohol motifs (C(OH)–C–C–N with tert-alkyl or cyclic N) is 1. The van der Waals surface area contributed by atoms with Gasteiger partial charge in [0.2, 0.25) is 11.8 Å². The van der Waals surface area contributed by atoms with Gasteiger partial charge in [0, 0.05) is 38.8 Å². The van der Waals surface area contributed by atoms with Crippen LogP contribution in [0.5, 0.6) is 0 Å². The Hall–Kier alpha value is -3.46. The van der Waals surface area contributed by atoms with Crippen LogP contribution in [0.2, 0.25) is 0 Å². The van der Waals surface area contributed by atoms with Crippen LogP contribution < -0.4 is 5.32 Å². The Morgan fingerprint density at radius 1 is 1.24 bits per heavy atom. The van der Waals surface area contributed by atoms with Crippen LogP contribution in [0.1, 0.15) is 43.2 Å². The van der Waals surface area contributed by atoms with E-state index >= 15 is 0 Å². The van der Waals surface area contributed by atoms with Crippen molar-refractivity contribution in [2.75, 3.05) is 6.54 Å². The molecule has 9 nitrogen and oxygen atoms in total. The summed E-state index contributed by atoms with van der Waals surface area (Å²) in [5.41, 5.74) is 3.67. The number of nitrogens with one attached hydrogen (secondary N) is 1. The maximum Gasteiger partial charge on any atom is 0.243 e. The smallest absolute Gasteiger partial charge is 0.243 e. The van der Waals surface area contributed by atoms with E-state index < -0.39 is 18.1 Å². The van der Waals surface area contributed by atoms with Gasteiger partial charge in [-0.25, -0.2) is 0 Å². The second kappa shape index (κ2) is 9.80. The number of aliphatic hydroxyl groups is 1. The van der Waals surface area contributed by atoms with Gasteiger partial charge in [-0.05, 0) is 30.0 Å². The summed E-state index contributed by atoms with van der Waals surface area (Å²) < 4.78 is 7.18. The summed E-state index contributed by atoms with van der Waals surface area (Å²) in [6, 6.07) is 10.8. The summed E-state index contributed by atoms with van der Waals surface area (Å²) in [6.45, 7) is 6.10. The molecule has 2 amide bonds. The summed E-state index contributed by atoms with van der Waals surface area (Å²) in [4.78, 5) is 28.0. The minimum absolute atomic E-state index is 0.0563. The fraction of sp³-hybridized carbons (Fsp3) is 0.440. The summed E-state index contributed by atoms with van der Waals surface area (Å²) >= 11 is 0. The molecule has 180 valence electrons. The molecule has 1 aliphatic rings. The van der Waals surface area contributed by atoms with Crippen molar-refractivity contribution in [2.45, 2.75) is 51.8 Å². The summed E-state index contributed by atoms with van der Waals surface area (Å²) in [7, 11) is 1.89. The first kappa shape index (κ1) is 23.7. The minimum Gasteiger partial charge on any atom is -0.391 e. The average Bonchev–Trinajstić information content (AvgIpc) is 3.52. The zero-order valence-corrected chi connectivity index (χ0v) is 19.9. The molecular weight excluding hydrogens is 434 g/mol. The van der Waals surface area contributed by atoms with E-state index in [4.69, 9.17) is 4.52 Å². The highest BCUT2D eigenvalue weighted by molar-refractivity contribution is 5.91. The topological polar surface area (TPSA) is 113 Å². The Kier molecular flexibility index (Phi) is 6.83. The van der Waals surface area contributed by atoms with Gasteiger partial charge in [0.15, 0.2) is 0 Å². The predicted molar refractivity (Wildman–Crippen MR) is 125 cm³/mol. The molecule has 34 heavy (non-hydrogen) atoms. The van der Waals surface area contributed by atoms with Crippen molar-refractivity contribution < 1.29 is 19.2 Å². The van der Waals surface area contributed by atoms with E-state index in [1.807, 2.05) is 51.2 Å². The molecule has 2 aromatic heterocycles. The number of benzene rings is 1. The van der Waals surface area contributed by atoms with Crippen molar-refractivity contribution >= 4 is 11.8 Å². The van der Waals surface area contributed by atoms with Gasteiger partial charge in [-0.2, -0.15) is 5.10 Å². The van der Waals surface area contributed by atoms with Gasteiger partial charge in [-0.3, -0.25) is 14.3 Å². The number of carbonyl (C=O) groups excluding carboxylic acids is 2. The van der Waals surface area contributed by atoms with Gasteiger partial charge < -0.3 is 19.8 Å². The second-order valence-corrected chi connectivity index (χ2v) is 9.24. The van der Waals surface area contributed by atoms with Crippen LogP contribution in [-0.4, -0.2) is 55.4 Å². The normalized spacial score (nSPS) is 18.9. The average molecular weight is 466 g/mol. The molecule has 0 bridgehead atoms. The number of amides is 2. The predicted octanol–water partition coefficient (Wildman–Crippen LogP) is 2.40. The Balaban J connectivity index is 1.43. The number of aliphatic hydroxyl groups excluding tert-OH is 1. The molecule has 2 N–H and O–H groups in total. The molecule has 4 rings (SSSR count). The number of aromatic nitrogens is 3. The first-order chi connectivity index (χ1) is 16.2. The van der Waals surface area contributed by atoms with E-state index in [1.54, 1.807) is 23.9 Å². The lowest BCUT2D eigenvalue weighted by molar-refractivity contribution is -0.141. The lowest BCUT2D eigenvalue weighted by Crippen LogP contribution is -2.48. The molecule has 1 aromatic carbocycles. The SMILES string of the molecule is Cc1cc(C(C(=O)N2CC(O)CC2C(=O)NCc2ccc(-c3ccnn3C)cc2)C(C)C)on1. The molecule has 3 atom stereocenters. The Morgan fingerprint density at radius 3 is 2.56 bits per heavy atom. The Morgan fingerprint density at radius 2 is 1.97 bits per heavy atom. The van der Waals surface area contributed by atoms with Crippen molar-refractivity contribution in [3.05, 3.63) is 59.6 Å². The van der Waals surface area contributed by atoms with Gasteiger partial charge in [0.1, 0.15) is 17.7 Å². The largest absolute Gasteiger partial charge is 0.391 e. The van der Waals surface area contributed by atoms with E-state index in [-0.39, 0.29) is 30.7 Å². The molecule has 1 saturated heterocycles.